The van der Waals surface area contributed by atoms with Gasteiger partial charge in [-0.15, -0.1) is 69.6 Å². The number of aliphatic hydroxyl groups excluding tert-OH is 6. The Morgan fingerprint density at radius 2 is 0.658 bits per heavy atom. The lowest BCUT2D eigenvalue weighted by atomic mass is 9.87. The molecule has 6 fully saturated rings. The maximum atomic E-state index is 14.5. The molecule has 0 spiro atoms. The molecule has 12 heterocycles. The highest BCUT2D eigenvalue weighted by atomic mass is 35.5. The van der Waals surface area contributed by atoms with Gasteiger partial charge in [-0.05, 0) is 40.5 Å². The van der Waals surface area contributed by atoms with Crippen molar-refractivity contribution in [3.05, 3.63) is 175 Å². The predicted octanol–water partition coefficient (Wildman–Crippen LogP) is 2.92. The van der Waals surface area contributed by atoms with Crippen molar-refractivity contribution in [2.24, 2.45) is 29.6 Å². The van der Waals surface area contributed by atoms with E-state index in [0.29, 0.717) is 29.5 Å². The second-order valence-corrected chi connectivity index (χ2v) is 31.7. The number of hydrogen-bond donors (Lipinski definition) is 12. The first-order valence-corrected chi connectivity index (χ1v) is 40.5. The number of halogens is 12. The van der Waals surface area contributed by atoms with Crippen LogP contribution in [-0.2, 0) is 35.0 Å². The molecule has 12 rings (SSSR count). The van der Waals surface area contributed by atoms with Crippen molar-refractivity contribution in [1.82, 2.24) is 57.3 Å². The third-order valence-corrected chi connectivity index (χ3v) is 25.8. The molecule has 0 bridgehead atoms. The van der Waals surface area contributed by atoms with Gasteiger partial charge in [-0.1, -0.05) is 48.5 Å². The van der Waals surface area contributed by atoms with E-state index in [0.717, 1.165) is 45.9 Å². The minimum absolute atomic E-state index is 0.0333. The lowest BCUT2D eigenvalue weighted by Crippen LogP contribution is -2.47. The van der Waals surface area contributed by atoms with Crippen molar-refractivity contribution >= 4 is 81.2 Å². The Kier molecular flexibility index (Phi) is 33.9. The van der Waals surface area contributed by atoms with Gasteiger partial charge in [0.25, 0.3) is 22.2 Å². The van der Waals surface area contributed by atoms with Crippen molar-refractivity contribution in [2.75, 3.05) is 73.2 Å². The molecule has 48 heteroatoms. The standard InChI is InChI=1S/C13H19ClFN3O2.C13H18ClFN2O3.C12H16ClFN2O5.C12H16ClFN2O4.C11H15ClFN3O4.C11H14ClFN2O4/c1-4-13(6-14)8(3)9(15)11(20-13)18-5-7(2)10(16)17-12(18)19;1-4-13(6-14)8(3)9(15)11(20-13)17-5-7(2)10(18)16-12(17)19;1-6-8(14)10(21-12(6,4-13)5-18)16-2-7(3-17)9(19)15-11(16)20;1-6-3-16(11(19)15-9(6)18)10-8(14)7(2)12(4-13,5-17)20-10;1-5-2-16(10(19)15-8(5)14)9-6(13)7(18)11(3-12,4-17)20-9;1-6-8(13)9(19-11(6,4-12)5-16)15-3-2-7(17)14-10(15)18/h5,8-9,11H,4,6H2,1-3H3,(H2,16,17,19);5,8-9,11H,4,6H2,1-3H3,(H,16,18,19);2,6,8,10,17-18H,3-5H2,1H3,(H,15,19,20);3,7-8,10,17H,4-5H2,1-2H3,(H,15,18,19);2,6-7,9,17-18H,3-4H2,1H3,(H2,14,15,19);2-3,6,8-9,16H,4-5H2,1H3,(H,14,17,18)/t2*8-,9+,11+,13-;6-,8+,10+,12+;7-,8+,10+,12+;6-,7+,9-,11-;6-,8+,9+,11+/m000010/s1. The highest BCUT2D eigenvalue weighted by Gasteiger charge is 2.59. The molecular weight excluding hydrogens is 1740 g/mol. The van der Waals surface area contributed by atoms with Crippen LogP contribution < -0.4 is 67.8 Å². The second-order valence-electron chi connectivity index (χ2n) is 30.1. The summed E-state index contributed by atoms with van der Waals surface area (Å²) in [6.45, 7) is 15.5. The Morgan fingerprint density at radius 3 is 0.942 bits per heavy atom. The van der Waals surface area contributed by atoms with Gasteiger partial charge in [0.1, 0.15) is 40.1 Å². The van der Waals surface area contributed by atoms with E-state index in [-0.39, 0.29) is 58.0 Å². The monoisotopic (exact) mass is 1830 g/mol. The number of aliphatic hydroxyl groups is 6. The third-order valence-electron chi connectivity index (χ3n) is 23.1. The van der Waals surface area contributed by atoms with Crippen molar-refractivity contribution in [3.63, 3.8) is 0 Å². The van der Waals surface area contributed by atoms with Gasteiger partial charge < -0.3 is 70.5 Å². The number of H-pyrrole nitrogens is 4. The number of nitrogens with two attached hydrogens (primary N) is 2. The smallest absolute Gasteiger partial charge is 0.351 e. The summed E-state index contributed by atoms with van der Waals surface area (Å²) < 4.78 is 126. The first-order chi connectivity index (χ1) is 56.3. The van der Waals surface area contributed by atoms with E-state index in [4.69, 9.17) is 115 Å². The number of hydrogen-bond acceptors (Lipinski definition) is 26. The van der Waals surface area contributed by atoms with E-state index in [2.05, 4.69) is 19.9 Å². The zero-order chi connectivity index (χ0) is 90.3. The van der Waals surface area contributed by atoms with Gasteiger partial charge in [-0.2, -0.15) is 9.97 Å². The van der Waals surface area contributed by atoms with Crippen molar-refractivity contribution in [1.29, 1.82) is 0 Å². The number of aromatic amines is 4. The van der Waals surface area contributed by atoms with Crippen LogP contribution in [0.5, 0.6) is 0 Å². The summed E-state index contributed by atoms with van der Waals surface area (Å²) in [5.74, 6) is -3.11. The van der Waals surface area contributed by atoms with Crippen LogP contribution in [0.4, 0.5) is 38.0 Å². The molecule has 6 aromatic rings. The Labute approximate surface area is 708 Å². The van der Waals surface area contributed by atoms with Crippen molar-refractivity contribution in [2.45, 2.75) is 210 Å². The van der Waals surface area contributed by atoms with Gasteiger partial charge in [0.05, 0.1) is 85.1 Å². The van der Waals surface area contributed by atoms with Crippen LogP contribution >= 0.6 is 69.6 Å². The minimum atomic E-state index is -1.93. The Bertz CT molecular complexity index is 4950. The minimum Gasteiger partial charge on any atom is -0.393 e. The average molecular weight is 1840 g/mol. The molecule has 6 aliphatic heterocycles. The fourth-order valence-electron chi connectivity index (χ4n) is 14.1. The molecule has 0 aromatic carbocycles. The SMILES string of the molecule is CC[C@@]1(CCl)O[C@@H](n2cc(C)c(=O)[nH]c2=O)[C@H](F)[C@@H]1C.CC[C@@]1(CCl)O[C@@H](n2cc(C)c(N)nc2=O)[C@H](F)[C@@H]1C.C[C@H]1[C@@H](F)[C@H](n2cc(CO)c(=O)[nH]c2=O)O[C@@]1(CO)CCl.C[C@H]1[C@@H](F)[C@H](n2ccc(=O)[nH]c2=O)O[C@@]1(CO)CCl.Cc1cn([C@@H]2O[C@@](CO)(CCl)[C@@H](C)[C@H]2F)c(=O)[nH]c1=O.Cc1cn([C@@H]2O[C@@](CO)(CCl)[C@@H](O)[C@H]2F)c(=O)nc1N. The molecule has 0 amide bonds. The molecule has 6 aromatic heterocycles. The highest BCUT2D eigenvalue weighted by Crippen LogP contribution is 2.49. The van der Waals surface area contributed by atoms with Gasteiger partial charge in [0.15, 0.2) is 74.4 Å². The van der Waals surface area contributed by atoms with E-state index < -0.39 is 233 Å². The molecule has 0 saturated carbocycles. The van der Waals surface area contributed by atoms with E-state index in [9.17, 15) is 99.8 Å². The summed E-state index contributed by atoms with van der Waals surface area (Å²) in [5.41, 5.74) is -1.19. The number of nitrogen functional groups attached to an aromatic ring is 2. The third kappa shape index (κ3) is 19.5. The molecular formula is C72H98Cl6F6N14O22. The van der Waals surface area contributed by atoms with E-state index >= 15 is 0 Å². The number of aromatic nitrogens is 12. The molecule has 0 aliphatic carbocycles. The van der Waals surface area contributed by atoms with E-state index in [1.54, 1.807) is 48.5 Å². The normalized spacial score (nSPS) is 33.5. The summed E-state index contributed by atoms with van der Waals surface area (Å²) in [7, 11) is 0. The van der Waals surface area contributed by atoms with Crippen LogP contribution in [0.1, 0.15) is 126 Å². The second kappa shape index (κ2) is 40.7. The fourth-order valence-corrected chi connectivity index (χ4v) is 16.6. The lowest BCUT2D eigenvalue weighted by molar-refractivity contribution is -0.115. The topological polar surface area (TPSA) is 518 Å². The Hall–Kier alpha value is -7.08. The van der Waals surface area contributed by atoms with Gasteiger partial charge in [0.2, 0.25) is 0 Å². The molecule has 6 aliphatic rings. The molecule has 14 N–H and O–H groups in total. The largest absolute Gasteiger partial charge is 0.393 e. The zero-order valence-corrected chi connectivity index (χ0v) is 71.1. The van der Waals surface area contributed by atoms with Gasteiger partial charge in [0, 0.05) is 95.1 Å². The summed E-state index contributed by atoms with van der Waals surface area (Å²) in [5, 5.41) is 56.4. The molecule has 24 atom stereocenters. The quantitative estimate of drug-likeness (QED) is 0.0410. The molecule has 6 saturated heterocycles. The van der Waals surface area contributed by atoms with Gasteiger partial charge in [-0.25, -0.2) is 55.1 Å². The zero-order valence-electron chi connectivity index (χ0n) is 66.6. The number of ether oxygens (including phenoxy) is 6. The summed E-state index contributed by atoms with van der Waals surface area (Å²) in [4.78, 5) is 131. The summed E-state index contributed by atoms with van der Waals surface area (Å²) >= 11 is 34.8. The molecule has 120 heavy (non-hydrogen) atoms. The Balaban J connectivity index is 0.000000198. The van der Waals surface area contributed by atoms with Gasteiger partial charge in [-0.3, -0.25) is 66.5 Å². The first-order valence-electron chi connectivity index (χ1n) is 37.3. The highest BCUT2D eigenvalue weighted by molar-refractivity contribution is 6.20. The molecule has 0 radical (unpaired) electrons. The fraction of sp³-hybridized carbons (Fsp3) is 0.667. The number of nitrogens with one attached hydrogen (secondary N) is 4. The maximum Gasteiger partial charge on any atom is 0.351 e. The van der Waals surface area contributed by atoms with Crippen LogP contribution in [0.2, 0.25) is 0 Å². The maximum absolute atomic E-state index is 14.5. The van der Waals surface area contributed by atoms with Crippen LogP contribution in [-0.4, -0.2) is 226 Å². The van der Waals surface area contributed by atoms with Crippen LogP contribution in [0.3, 0.4) is 0 Å². The van der Waals surface area contributed by atoms with Crippen LogP contribution in [0.15, 0.2) is 91.2 Å². The predicted molar refractivity (Wildman–Crippen MR) is 428 cm³/mol. The first kappa shape index (κ1) is 100. The molecule has 36 nitrogen and oxygen atoms in total. The number of nitrogens with zero attached hydrogens (tertiary/aromatic N) is 8. The van der Waals surface area contributed by atoms with E-state index in [1.165, 1.54) is 38.6 Å². The average Bonchev–Trinajstić information content (AvgIpc) is 1.64. The lowest BCUT2D eigenvalue weighted by Gasteiger charge is -2.29. The summed E-state index contributed by atoms with van der Waals surface area (Å²) in [6, 6.07) is 1.10. The molecule has 0 unspecified atom stereocenters. The van der Waals surface area contributed by atoms with E-state index in [1.807, 2.05) is 23.8 Å². The van der Waals surface area contributed by atoms with Crippen molar-refractivity contribution in [3.8, 4) is 0 Å². The van der Waals surface area contributed by atoms with Crippen molar-refractivity contribution < 1.29 is 85.4 Å². The van der Waals surface area contributed by atoms with Crippen LogP contribution in [0, 0.1) is 57.3 Å². The number of aryl methyl sites for hydroxylation is 4. The number of anilines is 2. The van der Waals surface area contributed by atoms with Gasteiger partial charge >= 0.3 is 34.1 Å². The Morgan fingerprint density at radius 1 is 0.392 bits per heavy atom. The van der Waals surface area contributed by atoms with Crippen LogP contribution in [0.25, 0.3) is 0 Å². The number of rotatable bonds is 19. The summed E-state index contributed by atoms with van der Waals surface area (Å²) in [6.07, 6.45) is -9.52. The molecule has 672 valence electrons. The number of alkyl halides is 12.